The summed E-state index contributed by atoms with van der Waals surface area (Å²) in [7, 11) is -0.457. The molecule has 0 aromatic rings. The van der Waals surface area contributed by atoms with Crippen LogP contribution in [0.2, 0.25) is 6.04 Å². The number of hydrogen-bond acceptors (Lipinski definition) is 6. The molecule has 0 heterocycles. The van der Waals surface area contributed by atoms with E-state index in [4.69, 9.17) is 22.4 Å². The lowest BCUT2D eigenvalue weighted by Gasteiger charge is -2.10. The van der Waals surface area contributed by atoms with Gasteiger partial charge in [-0.2, -0.15) is 0 Å². The first-order valence-corrected chi connectivity index (χ1v) is 10.3. The molecular formula is C13H30O6Si2. The lowest BCUT2D eigenvalue weighted by molar-refractivity contribution is -0.137. The molecule has 0 fully saturated rings. The highest BCUT2D eigenvalue weighted by atomic mass is 28.3. The van der Waals surface area contributed by atoms with E-state index in [-0.39, 0.29) is 15.7 Å². The summed E-state index contributed by atoms with van der Waals surface area (Å²) in [6.07, 6.45) is 2.09. The highest BCUT2D eigenvalue weighted by Crippen LogP contribution is 1.91. The number of rotatable bonds is 12. The number of carbonyl (C=O) groups is 1. The minimum atomic E-state index is -1.71. The van der Waals surface area contributed by atoms with Crippen LogP contribution in [0.3, 0.4) is 0 Å². The van der Waals surface area contributed by atoms with Gasteiger partial charge in [-0.05, 0) is 33.2 Å². The topological polar surface area (TPSA) is 63.2 Å². The fourth-order valence-electron chi connectivity index (χ4n) is 1.14. The highest BCUT2D eigenvalue weighted by Gasteiger charge is 2.09. The number of ether oxygens (including phenoxy) is 1. The Balaban J connectivity index is 0. The summed E-state index contributed by atoms with van der Waals surface area (Å²) in [5.41, 5.74) is 0. The molecular weight excluding hydrogens is 308 g/mol. The Morgan fingerprint density at radius 3 is 2.24 bits per heavy atom. The van der Waals surface area contributed by atoms with Crippen LogP contribution < -0.4 is 0 Å². The molecule has 126 valence electrons. The smallest absolute Gasteiger partial charge is 0.463 e. The maximum Gasteiger partial charge on any atom is 0.483 e. The van der Waals surface area contributed by atoms with Crippen molar-refractivity contribution in [2.75, 3.05) is 33.5 Å². The van der Waals surface area contributed by atoms with Gasteiger partial charge in [-0.3, -0.25) is 0 Å². The van der Waals surface area contributed by atoms with Crippen LogP contribution in [0, 0.1) is 0 Å². The van der Waals surface area contributed by atoms with Crippen LogP contribution in [0.5, 0.6) is 0 Å². The van der Waals surface area contributed by atoms with Crippen LogP contribution in [0.4, 0.5) is 0 Å². The Bertz CT molecular complexity index is 235. The average Bonchev–Trinajstić information content (AvgIpc) is 2.50. The fraction of sp³-hybridized carbons (Fsp3) is 0.769. The lowest BCUT2D eigenvalue weighted by atomic mass is 10.5. The van der Waals surface area contributed by atoms with E-state index in [0.29, 0.717) is 19.8 Å². The van der Waals surface area contributed by atoms with Gasteiger partial charge in [0.1, 0.15) is 0 Å². The summed E-state index contributed by atoms with van der Waals surface area (Å²) in [6.45, 7) is 11.8. The van der Waals surface area contributed by atoms with E-state index in [2.05, 4.69) is 6.58 Å². The van der Waals surface area contributed by atoms with Gasteiger partial charge >= 0.3 is 15.5 Å². The van der Waals surface area contributed by atoms with Crippen molar-refractivity contribution in [1.82, 2.24) is 0 Å². The maximum atomic E-state index is 10.5. The van der Waals surface area contributed by atoms with Crippen molar-refractivity contribution in [3.05, 3.63) is 12.7 Å². The van der Waals surface area contributed by atoms with E-state index in [9.17, 15) is 4.79 Å². The Hall–Kier alpha value is -0.516. The van der Waals surface area contributed by atoms with Gasteiger partial charge in [-0.25, -0.2) is 4.79 Å². The first-order chi connectivity index (χ1) is 10.2. The van der Waals surface area contributed by atoms with Crippen LogP contribution in [0.1, 0.15) is 27.2 Å². The van der Waals surface area contributed by atoms with Crippen LogP contribution in [0.15, 0.2) is 12.7 Å². The number of carbonyl (C=O) groups excluding carboxylic acids is 1. The minimum absolute atomic E-state index is 0.340. The Morgan fingerprint density at radius 1 is 1.19 bits per heavy atom. The van der Waals surface area contributed by atoms with Crippen molar-refractivity contribution in [1.29, 1.82) is 0 Å². The monoisotopic (exact) mass is 338 g/mol. The molecule has 0 rings (SSSR count). The quantitative estimate of drug-likeness (QED) is 0.230. The molecule has 0 aromatic carbocycles. The van der Waals surface area contributed by atoms with Gasteiger partial charge in [-0.1, -0.05) is 6.58 Å². The van der Waals surface area contributed by atoms with Crippen molar-refractivity contribution in [3.63, 3.8) is 0 Å². The molecule has 0 unspecified atom stereocenters. The van der Waals surface area contributed by atoms with E-state index >= 15 is 0 Å². The first-order valence-electron chi connectivity index (χ1n) is 7.29. The van der Waals surface area contributed by atoms with Gasteiger partial charge in [0.25, 0.3) is 0 Å². The van der Waals surface area contributed by atoms with Crippen LogP contribution in [0.25, 0.3) is 0 Å². The minimum Gasteiger partial charge on any atom is -0.463 e. The SMILES string of the molecule is C=CC(=O)OCCC[SiH2]OCC.CCO[SiH](OC)OCC. The van der Waals surface area contributed by atoms with E-state index < -0.39 is 9.53 Å². The molecule has 0 radical (unpaired) electrons. The Morgan fingerprint density at radius 2 is 1.81 bits per heavy atom. The average molecular weight is 339 g/mol. The van der Waals surface area contributed by atoms with Crippen molar-refractivity contribution in [2.24, 2.45) is 0 Å². The molecule has 0 spiro atoms. The van der Waals surface area contributed by atoms with E-state index in [1.165, 1.54) is 6.08 Å². The third kappa shape index (κ3) is 19.5. The zero-order chi connectivity index (χ0) is 16.3. The van der Waals surface area contributed by atoms with Gasteiger partial charge in [0.05, 0.1) is 6.61 Å². The van der Waals surface area contributed by atoms with Crippen molar-refractivity contribution in [2.45, 2.75) is 33.2 Å². The summed E-state index contributed by atoms with van der Waals surface area (Å²) < 4.78 is 25.2. The molecule has 0 aromatic heterocycles. The Labute approximate surface area is 132 Å². The highest BCUT2D eigenvalue weighted by molar-refractivity contribution is 6.36. The maximum absolute atomic E-state index is 10.5. The summed E-state index contributed by atoms with van der Waals surface area (Å²) >= 11 is 0. The number of esters is 1. The zero-order valence-corrected chi connectivity index (χ0v) is 16.3. The second-order valence-electron chi connectivity index (χ2n) is 3.71. The molecule has 0 aliphatic carbocycles. The van der Waals surface area contributed by atoms with Gasteiger partial charge in [-0.15, -0.1) is 0 Å². The predicted octanol–water partition coefficient (Wildman–Crippen LogP) is 1.07. The van der Waals surface area contributed by atoms with Crippen LogP contribution >= 0.6 is 0 Å². The molecule has 0 atom stereocenters. The van der Waals surface area contributed by atoms with E-state index in [1.54, 1.807) is 7.11 Å². The third-order valence-electron chi connectivity index (χ3n) is 2.10. The molecule has 21 heavy (non-hydrogen) atoms. The summed E-state index contributed by atoms with van der Waals surface area (Å²) in [6, 6.07) is 1.07. The Kier molecular flexibility index (Phi) is 21.1. The summed E-state index contributed by atoms with van der Waals surface area (Å²) in [4.78, 5) is 10.5. The third-order valence-corrected chi connectivity index (χ3v) is 5.18. The largest absolute Gasteiger partial charge is 0.483 e. The molecule has 0 aliphatic rings. The standard InChI is InChI=1S/C8H16O3Si.C5H14O3Si/c1-3-8(9)10-6-5-7-12-11-4-2;1-4-7-9(6-3)8-5-2/h3H,1,4-7,12H2,2H3;9H,4-5H2,1-3H3. The fourth-order valence-corrected chi connectivity index (χ4v) is 2.95. The van der Waals surface area contributed by atoms with E-state index in [1.807, 2.05) is 20.8 Å². The second kappa shape index (κ2) is 19.5. The van der Waals surface area contributed by atoms with E-state index in [0.717, 1.165) is 19.1 Å². The number of hydrogen-bond donors (Lipinski definition) is 0. The molecule has 0 saturated carbocycles. The molecule has 0 bridgehead atoms. The van der Waals surface area contributed by atoms with Crippen molar-refractivity contribution < 1.29 is 27.2 Å². The predicted molar refractivity (Wildman–Crippen MR) is 88.2 cm³/mol. The zero-order valence-electron chi connectivity index (χ0n) is 13.8. The molecule has 0 amide bonds. The van der Waals surface area contributed by atoms with Crippen LogP contribution in [-0.4, -0.2) is 58.8 Å². The summed E-state index contributed by atoms with van der Waals surface area (Å²) in [5.74, 6) is -0.340. The van der Waals surface area contributed by atoms with Gasteiger partial charge < -0.3 is 22.4 Å². The van der Waals surface area contributed by atoms with Gasteiger partial charge in [0.15, 0.2) is 9.76 Å². The molecule has 0 aliphatic heterocycles. The first kappa shape index (κ1) is 22.8. The lowest BCUT2D eigenvalue weighted by Crippen LogP contribution is -2.25. The van der Waals surface area contributed by atoms with Crippen LogP contribution in [-0.2, 0) is 27.2 Å². The van der Waals surface area contributed by atoms with Gasteiger partial charge in [0, 0.05) is 33.0 Å². The molecule has 0 N–H and O–H groups in total. The molecule has 6 nitrogen and oxygen atoms in total. The normalized spacial score (nSPS) is 10.5. The summed E-state index contributed by atoms with van der Waals surface area (Å²) in [5, 5.41) is 0. The van der Waals surface area contributed by atoms with Crippen molar-refractivity contribution in [3.8, 4) is 0 Å². The van der Waals surface area contributed by atoms with Crippen molar-refractivity contribution >= 4 is 25.3 Å². The second-order valence-corrected chi connectivity index (χ2v) is 6.95. The molecule has 0 saturated heterocycles. The van der Waals surface area contributed by atoms with Gasteiger partial charge in [0.2, 0.25) is 0 Å². The molecule has 8 heteroatoms.